The van der Waals surface area contributed by atoms with E-state index in [9.17, 15) is 5.21 Å². The third-order valence-electron chi connectivity index (χ3n) is 3.22. The van der Waals surface area contributed by atoms with Gasteiger partial charge in [0.2, 0.25) is 0 Å². The Kier molecular flexibility index (Phi) is 4.96. The van der Waals surface area contributed by atoms with Gasteiger partial charge in [-0.05, 0) is 38.1 Å². The van der Waals surface area contributed by atoms with E-state index in [1.807, 2.05) is 30.9 Å². The van der Waals surface area contributed by atoms with Gasteiger partial charge in [0.15, 0.2) is 6.21 Å². The van der Waals surface area contributed by atoms with Crippen LogP contribution in [0, 0.1) is 5.21 Å². The second-order valence-electron chi connectivity index (χ2n) is 5.33. The Bertz CT molecular complexity index is 584. The van der Waals surface area contributed by atoms with Crippen molar-refractivity contribution < 1.29 is 4.74 Å². The van der Waals surface area contributed by atoms with Crippen molar-refractivity contribution in [2.24, 2.45) is 0 Å². The number of benzene rings is 1. The van der Waals surface area contributed by atoms with Crippen LogP contribution >= 0.6 is 35.6 Å². The Balaban J connectivity index is 2.33. The molecule has 112 valence electrons. The van der Waals surface area contributed by atoms with Crippen molar-refractivity contribution in [3.8, 4) is 0 Å². The average molecular weight is 341 g/mol. The van der Waals surface area contributed by atoms with Gasteiger partial charge in [0.05, 0.1) is 0 Å². The first-order valence-electron chi connectivity index (χ1n) is 6.51. The zero-order valence-corrected chi connectivity index (χ0v) is 14.3. The van der Waals surface area contributed by atoms with Crippen molar-refractivity contribution in [2.45, 2.75) is 24.8 Å². The first kappa shape index (κ1) is 16.3. The molecule has 0 spiro atoms. The molecule has 1 atom stereocenters. The summed E-state index contributed by atoms with van der Waals surface area (Å²) in [6.07, 6.45) is 2.98. The molecule has 0 N–H and O–H groups in total. The molecular weight excluding hydrogens is 324 g/mol. The van der Waals surface area contributed by atoms with Crippen molar-refractivity contribution >= 4 is 46.1 Å². The van der Waals surface area contributed by atoms with Crippen LogP contribution in [0.15, 0.2) is 36.9 Å². The molecule has 1 aromatic rings. The van der Waals surface area contributed by atoms with Crippen LogP contribution in [-0.2, 0) is 0 Å². The van der Waals surface area contributed by atoms with Crippen LogP contribution in [0.3, 0.4) is 0 Å². The zero-order valence-electron chi connectivity index (χ0n) is 12.0. The summed E-state index contributed by atoms with van der Waals surface area (Å²) < 4.78 is 1.42. The highest BCUT2D eigenvalue weighted by atomic mass is 35.5. The van der Waals surface area contributed by atoms with E-state index in [0.717, 1.165) is 14.6 Å². The molecule has 1 aliphatic rings. The maximum Gasteiger partial charge on any atom is 0.254 e. The number of halogens is 1. The molecule has 2 rings (SSSR count). The summed E-state index contributed by atoms with van der Waals surface area (Å²) in [7, 11) is 0. The van der Waals surface area contributed by atoms with Gasteiger partial charge in [-0.1, -0.05) is 41.7 Å². The summed E-state index contributed by atoms with van der Waals surface area (Å²) in [6.45, 7) is 8.35. The highest BCUT2D eigenvalue weighted by molar-refractivity contribution is 8.24. The predicted octanol–water partition coefficient (Wildman–Crippen LogP) is 3.89. The van der Waals surface area contributed by atoms with Crippen LogP contribution in [0.25, 0.3) is 0 Å². The zero-order chi connectivity index (χ0) is 15.6. The lowest BCUT2D eigenvalue weighted by Crippen LogP contribution is -2.47. The summed E-state index contributed by atoms with van der Waals surface area (Å²) in [6, 6.07) is 7.17. The molecule has 0 amide bonds. The minimum Gasteiger partial charge on any atom is -0.622 e. The Labute approximate surface area is 139 Å². The third-order valence-corrected chi connectivity index (χ3v) is 5.10. The number of hydrogen-bond acceptors (Lipinski definition) is 3. The molecule has 1 unspecified atom stereocenters. The van der Waals surface area contributed by atoms with E-state index < -0.39 is 0 Å². The number of hydroxylamine groups is 1. The molecule has 1 fully saturated rings. The van der Waals surface area contributed by atoms with Gasteiger partial charge >= 0.3 is 0 Å². The fraction of sp³-hybridized carbons (Fsp3) is 0.333. The van der Waals surface area contributed by atoms with E-state index in [-0.39, 0.29) is 10.9 Å². The summed E-state index contributed by atoms with van der Waals surface area (Å²) in [4.78, 5) is 1.91. The highest BCUT2D eigenvalue weighted by Gasteiger charge is 2.49. The fourth-order valence-electron chi connectivity index (χ4n) is 2.34. The Morgan fingerprint density at radius 2 is 2.10 bits per heavy atom. The van der Waals surface area contributed by atoms with Gasteiger partial charge in [0.25, 0.3) is 6.17 Å². The minimum absolute atomic E-state index is 0.287. The van der Waals surface area contributed by atoms with Crippen LogP contribution in [0.1, 0.15) is 19.4 Å². The second kappa shape index (κ2) is 6.38. The van der Waals surface area contributed by atoms with Gasteiger partial charge in [0.1, 0.15) is 9.07 Å². The Hall–Kier alpha value is -1.04. The molecule has 1 aromatic carbocycles. The van der Waals surface area contributed by atoms with Gasteiger partial charge in [0, 0.05) is 17.1 Å². The van der Waals surface area contributed by atoms with E-state index in [0.29, 0.717) is 11.6 Å². The first-order valence-corrected chi connectivity index (χ1v) is 8.12. The largest absolute Gasteiger partial charge is 0.622 e. The lowest BCUT2D eigenvalue weighted by atomic mass is 10.1. The monoisotopic (exact) mass is 340 g/mol. The lowest BCUT2D eigenvalue weighted by molar-refractivity contribution is -0.523. The molecule has 3 nitrogen and oxygen atoms in total. The highest BCUT2D eigenvalue weighted by Crippen LogP contribution is 2.41. The maximum atomic E-state index is 12.6. The molecule has 1 aliphatic heterocycles. The second-order valence-corrected chi connectivity index (χ2v) is 8.05. The van der Waals surface area contributed by atoms with Crippen LogP contribution in [0.4, 0.5) is 0 Å². The van der Waals surface area contributed by atoms with Gasteiger partial charge < -0.3 is 5.21 Å². The third kappa shape index (κ3) is 3.59. The van der Waals surface area contributed by atoms with Crippen LogP contribution in [0.5, 0.6) is 0 Å². The van der Waals surface area contributed by atoms with E-state index >= 15 is 0 Å². The number of thiocarbonyl (C=S) groups is 1. The van der Waals surface area contributed by atoms with E-state index in [2.05, 4.69) is 6.58 Å². The topological polar surface area (TPSA) is 29.3 Å². The normalized spacial score (nSPS) is 21.7. The SMILES string of the molecule is C=CCN1C(=S)SC(C)(C)C1/[N+]([O-])=C/c1ccc(Cl)cc1. The van der Waals surface area contributed by atoms with Crippen molar-refractivity contribution in [3.05, 3.63) is 52.7 Å². The van der Waals surface area contributed by atoms with Crippen molar-refractivity contribution in [1.82, 2.24) is 4.90 Å². The molecule has 0 radical (unpaired) electrons. The Morgan fingerprint density at radius 1 is 1.48 bits per heavy atom. The van der Waals surface area contributed by atoms with Crippen molar-refractivity contribution in [1.29, 1.82) is 0 Å². The van der Waals surface area contributed by atoms with E-state index in [1.165, 1.54) is 0 Å². The quantitative estimate of drug-likeness (QED) is 0.208. The molecule has 0 aliphatic carbocycles. The van der Waals surface area contributed by atoms with Gasteiger partial charge in [-0.25, -0.2) is 0 Å². The summed E-state index contributed by atoms with van der Waals surface area (Å²) in [5.41, 5.74) is 0.812. The van der Waals surface area contributed by atoms with Crippen LogP contribution < -0.4 is 0 Å². The maximum absolute atomic E-state index is 12.6. The van der Waals surface area contributed by atoms with Crippen molar-refractivity contribution in [3.63, 3.8) is 0 Å². The van der Waals surface area contributed by atoms with E-state index in [1.54, 1.807) is 36.2 Å². The molecule has 0 aromatic heterocycles. The standard InChI is InChI=1S/C15H17ClN2OS2/c1-4-9-17-13(15(2,3)21-14(17)20)18(19)10-11-5-7-12(16)8-6-11/h4-8,10,13H,1,9H2,2-3H3/b18-10-. The molecular formula is C15H17ClN2OS2. The summed E-state index contributed by atoms with van der Waals surface area (Å²) in [5, 5.41) is 13.3. The molecule has 21 heavy (non-hydrogen) atoms. The molecule has 0 bridgehead atoms. The van der Waals surface area contributed by atoms with Gasteiger partial charge in [-0.15, -0.1) is 6.58 Å². The molecule has 1 heterocycles. The van der Waals surface area contributed by atoms with Crippen LogP contribution in [0.2, 0.25) is 5.02 Å². The number of nitrogens with zero attached hydrogens (tertiary/aromatic N) is 2. The summed E-state index contributed by atoms with van der Waals surface area (Å²) in [5.74, 6) is 0. The first-order chi connectivity index (χ1) is 9.85. The van der Waals surface area contributed by atoms with E-state index in [4.69, 9.17) is 23.8 Å². The molecule has 1 saturated heterocycles. The average Bonchev–Trinajstić information content (AvgIpc) is 2.62. The van der Waals surface area contributed by atoms with Crippen molar-refractivity contribution in [2.75, 3.05) is 6.54 Å². The molecule has 6 heteroatoms. The lowest BCUT2D eigenvalue weighted by Gasteiger charge is -2.29. The number of thioether (sulfide) groups is 1. The number of rotatable bonds is 4. The smallest absolute Gasteiger partial charge is 0.254 e. The van der Waals surface area contributed by atoms with Gasteiger partial charge in [-0.3, -0.25) is 4.90 Å². The summed E-state index contributed by atoms with van der Waals surface area (Å²) >= 11 is 12.8. The Morgan fingerprint density at radius 3 is 2.67 bits per heavy atom. The number of hydrogen-bond donors (Lipinski definition) is 0. The molecule has 0 saturated carbocycles. The van der Waals surface area contributed by atoms with Gasteiger partial charge in [-0.2, -0.15) is 4.74 Å². The minimum atomic E-state index is -0.358. The van der Waals surface area contributed by atoms with Crippen LogP contribution in [-0.4, -0.2) is 37.6 Å². The predicted molar refractivity (Wildman–Crippen MR) is 95.2 cm³/mol. The fourth-order valence-corrected chi connectivity index (χ4v) is 4.36.